The molecule has 8 heteroatoms. The Morgan fingerprint density at radius 1 is 1.16 bits per heavy atom. The summed E-state index contributed by atoms with van der Waals surface area (Å²) in [5.41, 5.74) is 3.11. The van der Waals surface area contributed by atoms with E-state index in [0.29, 0.717) is 17.9 Å². The van der Waals surface area contributed by atoms with Gasteiger partial charge in [-0.15, -0.1) is 5.10 Å². The van der Waals surface area contributed by atoms with Crippen molar-refractivity contribution in [1.29, 1.82) is 0 Å². The monoisotopic (exact) mass is 456 g/mol. The molecule has 0 amide bonds. The largest absolute Gasteiger partial charge is 0.280 e. The van der Waals surface area contributed by atoms with Gasteiger partial charge in [-0.05, 0) is 56.2 Å². The first-order valence-electron chi connectivity index (χ1n) is 10.6. The summed E-state index contributed by atoms with van der Waals surface area (Å²) in [5, 5.41) is 4.90. The predicted octanol–water partition coefficient (Wildman–Crippen LogP) is 4.24. The molecule has 3 aromatic rings. The maximum absolute atomic E-state index is 12.1. The molecule has 1 aliphatic heterocycles. The molecule has 1 atom stereocenters. The molecular weight excluding hydrogens is 428 g/mol. The van der Waals surface area contributed by atoms with Crippen molar-refractivity contribution in [3.8, 4) is 17.1 Å². The average Bonchev–Trinajstić information content (AvgIpc) is 3.27. The van der Waals surface area contributed by atoms with E-state index in [0.717, 1.165) is 35.6 Å². The zero-order valence-electron chi connectivity index (χ0n) is 17.9. The summed E-state index contributed by atoms with van der Waals surface area (Å²) in [6.45, 7) is 5.45. The van der Waals surface area contributed by atoms with Crippen LogP contribution in [0.2, 0.25) is 0 Å². The van der Waals surface area contributed by atoms with Crippen LogP contribution in [-0.4, -0.2) is 51.8 Å². The summed E-state index contributed by atoms with van der Waals surface area (Å²) in [5.74, 6) is 1.26. The van der Waals surface area contributed by atoms with Crippen molar-refractivity contribution in [3.63, 3.8) is 0 Å². The minimum absolute atomic E-state index is 0.0103. The number of hydrogen-bond donors (Lipinski definition) is 0. The van der Waals surface area contributed by atoms with Gasteiger partial charge in [-0.2, -0.15) is 0 Å². The topological polar surface area (TPSA) is 60.1 Å². The van der Waals surface area contributed by atoms with Gasteiger partial charge in [0, 0.05) is 11.6 Å². The lowest BCUT2D eigenvalue weighted by molar-refractivity contribution is 0.155. The standard InChI is InChI=1S/C23H28N4O2S2/c1-3-13-25(21-12-14-31(28,29)16-21)17-26-23(30)27(20-11-7-8-18(2)15-20)22(24-26)19-9-5-4-6-10-19/h4-11,15,21H,3,12-14,16-17H2,1-2H3. The Kier molecular flexibility index (Phi) is 6.41. The molecule has 0 radical (unpaired) electrons. The molecule has 1 unspecified atom stereocenters. The van der Waals surface area contributed by atoms with E-state index in [1.54, 1.807) is 0 Å². The molecule has 0 N–H and O–H groups in total. The number of aryl methyl sites for hydroxylation is 1. The van der Waals surface area contributed by atoms with Gasteiger partial charge in [-0.3, -0.25) is 9.47 Å². The molecule has 4 rings (SSSR count). The molecule has 1 fully saturated rings. The molecule has 0 spiro atoms. The molecule has 31 heavy (non-hydrogen) atoms. The summed E-state index contributed by atoms with van der Waals surface area (Å²) >= 11 is 5.88. The maximum atomic E-state index is 12.1. The molecule has 2 aromatic carbocycles. The van der Waals surface area contributed by atoms with Gasteiger partial charge in [0.2, 0.25) is 4.77 Å². The van der Waals surface area contributed by atoms with Crippen molar-refractivity contribution >= 4 is 22.1 Å². The Balaban J connectivity index is 1.77. The zero-order valence-corrected chi connectivity index (χ0v) is 19.6. The number of nitrogens with zero attached hydrogens (tertiary/aromatic N) is 4. The molecule has 164 valence electrons. The number of benzene rings is 2. The second-order valence-corrected chi connectivity index (χ2v) is 10.8. The summed E-state index contributed by atoms with van der Waals surface area (Å²) in [7, 11) is -2.96. The van der Waals surface area contributed by atoms with Crippen LogP contribution in [0.25, 0.3) is 17.1 Å². The second-order valence-electron chi connectivity index (χ2n) is 8.16. The number of hydrogen-bond acceptors (Lipinski definition) is 5. The van der Waals surface area contributed by atoms with Crippen LogP contribution >= 0.6 is 12.2 Å². The van der Waals surface area contributed by atoms with Gasteiger partial charge in [-0.25, -0.2) is 13.1 Å². The second kappa shape index (κ2) is 9.06. The SMILES string of the molecule is CCCN(Cn1nc(-c2ccccc2)n(-c2cccc(C)c2)c1=S)C1CCS(=O)(=O)C1. The fourth-order valence-electron chi connectivity index (χ4n) is 4.17. The van der Waals surface area contributed by atoms with Gasteiger partial charge >= 0.3 is 0 Å². The van der Waals surface area contributed by atoms with Crippen molar-refractivity contribution < 1.29 is 8.42 Å². The van der Waals surface area contributed by atoms with Crippen LogP contribution in [0.15, 0.2) is 54.6 Å². The van der Waals surface area contributed by atoms with Crippen molar-refractivity contribution in [3.05, 3.63) is 64.9 Å². The van der Waals surface area contributed by atoms with Crippen molar-refractivity contribution in [2.45, 2.75) is 39.4 Å². The minimum Gasteiger partial charge on any atom is -0.280 e. The Morgan fingerprint density at radius 2 is 1.94 bits per heavy atom. The predicted molar refractivity (Wildman–Crippen MR) is 127 cm³/mol. The van der Waals surface area contributed by atoms with Gasteiger partial charge in [0.05, 0.1) is 23.9 Å². The first-order chi connectivity index (χ1) is 14.9. The van der Waals surface area contributed by atoms with E-state index in [9.17, 15) is 8.42 Å². The maximum Gasteiger partial charge on any atom is 0.204 e. The third kappa shape index (κ3) is 4.81. The van der Waals surface area contributed by atoms with Crippen molar-refractivity contribution in [1.82, 2.24) is 19.2 Å². The van der Waals surface area contributed by atoms with E-state index in [1.807, 2.05) is 51.7 Å². The van der Waals surface area contributed by atoms with E-state index < -0.39 is 9.84 Å². The smallest absolute Gasteiger partial charge is 0.204 e. The molecule has 0 saturated carbocycles. The zero-order chi connectivity index (χ0) is 22.0. The molecule has 1 aromatic heterocycles. The van der Waals surface area contributed by atoms with E-state index in [4.69, 9.17) is 17.3 Å². The van der Waals surface area contributed by atoms with Gasteiger partial charge in [-0.1, -0.05) is 49.4 Å². The molecule has 0 aliphatic carbocycles. The minimum atomic E-state index is -2.96. The molecule has 1 saturated heterocycles. The lowest BCUT2D eigenvalue weighted by atomic mass is 10.2. The molecular formula is C23H28N4O2S2. The highest BCUT2D eigenvalue weighted by Crippen LogP contribution is 2.24. The normalized spacial score (nSPS) is 18.0. The van der Waals surface area contributed by atoms with E-state index in [1.165, 1.54) is 0 Å². The van der Waals surface area contributed by atoms with Crippen LogP contribution in [0.5, 0.6) is 0 Å². The molecule has 1 aliphatic rings. The number of sulfone groups is 1. The number of rotatable bonds is 7. The first-order valence-corrected chi connectivity index (χ1v) is 12.9. The molecule has 2 heterocycles. The Hall–Kier alpha value is -2.29. The van der Waals surface area contributed by atoms with Crippen molar-refractivity contribution in [2.75, 3.05) is 18.1 Å². The van der Waals surface area contributed by atoms with E-state index in [2.05, 4.69) is 30.9 Å². The fourth-order valence-corrected chi connectivity index (χ4v) is 6.22. The summed E-state index contributed by atoms with van der Waals surface area (Å²) in [6.07, 6.45) is 1.60. The van der Waals surface area contributed by atoms with Gasteiger partial charge in [0.25, 0.3) is 0 Å². The highest BCUT2D eigenvalue weighted by atomic mass is 32.2. The summed E-state index contributed by atoms with van der Waals surface area (Å²) < 4.78 is 28.6. The molecule has 0 bridgehead atoms. The summed E-state index contributed by atoms with van der Waals surface area (Å²) in [4.78, 5) is 2.21. The van der Waals surface area contributed by atoms with E-state index in [-0.39, 0.29) is 17.5 Å². The van der Waals surface area contributed by atoms with Gasteiger partial charge in [0.1, 0.15) is 0 Å². The van der Waals surface area contributed by atoms with Crippen LogP contribution < -0.4 is 0 Å². The van der Waals surface area contributed by atoms with Crippen LogP contribution in [0.1, 0.15) is 25.3 Å². The van der Waals surface area contributed by atoms with Crippen LogP contribution in [0, 0.1) is 11.7 Å². The van der Waals surface area contributed by atoms with Gasteiger partial charge in [0.15, 0.2) is 15.7 Å². The highest BCUT2D eigenvalue weighted by Gasteiger charge is 2.32. The third-order valence-corrected chi connectivity index (χ3v) is 7.83. The number of aromatic nitrogens is 3. The van der Waals surface area contributed by atoms with Crippen LogP contribution in [0.4, 0.5) is 0 Å². The average molecular weight is 457 g/mol. The lowest BCUT2D eigenvalue weighted by Gasteiger charge is -2.27. The van der Waals surface area contributed by atoms with Crippen LogP contribution in [0.3, 0.4) is 0 Å². The quantitative estimate of drug-likeness (QED) is 0.498. The first kappa shape index (κ1) is 21.9. The van der Waals surface area contributed by atoms with E-state index >= 15 is 0 Å². The summed E-state index contributed by atoms with van der Waals surface area (Å²) in [6, 6.07) is 18.2. The Bertz CT molecular complexity index is 1220. The van der Waals surface area contributed by atoms with Crippen molar-refractivity contribution in [2.24, 2.45) is 0 Å². The van der Waals surface area contributed by atoms with Crippen LogP contribution in [-0.2, 0) is 16.5 Å². The highest BCUT2D eigenvalue weighted by molar-refractivity contribution is 7.91. The fraction of sp³-hybridized carbons (Fsp3) is 0.391. The van der Waals surface area contributed by atoms with Gasteiger partial charge < -0.3 is 0 Å². The Morgan fingerprint density at radius 3 is 2.58 bits per heavy atom. The molecule has 6 nitrogen and oxygen atoms in total. The third-order valence-electron chi connectivity index (χ3n) is 5.68. The Labute approximate surface area is 189 Å². The lowest BCUT2D eigenvalue weighted by Crippen LogP contribution is -2.38.